The average molecular weight is 461 g/mol. The van der Waals surface area contributed by atoms with Crippen LogP contribution in [0.4, 0.5) is 5.69 Å². The van der Waals surface area contributed by atoms with Gasteiger partial charge in [-0.25, -0.2) is 4.98 Å². The molecular formula is C23H26Cl2N4O2. The summed E-state index contributed by atoms with van der Waals surface area (Å²) in [6.07, 6.45) is 3.77. The molecule has 0 N–H and O–H groups in total. The molecule has 164 valence electrons. The Morgan fingerprint density at radius 2 is 2.00 bits per heavy atom. The number of amides is 1. The molecule has 0 bridgehead atoms. The fraction of sp³-hybridized carbons (Fsp3) is 0.348. The second-order valence-corrected chi connectivity index (χ2v) is 7.54. The highest BCUT2D eigenvalue weighted by Crippen LogP contribution is 2.26. The number of likely N-dealkylation sites (N-methyl/N-ethyl adjacent to an activating group) is 1. The van der Waals surface area contributed by atoms with Crippen LogP contribution in [0.25, 0.3) is 0 Å². The van der Waals surface area contributed by atoms with Gasteiger partial charge in [0.1, 0.15) is 6.61 Å². The fourth-order valence-electron chi connectivity index (χ4n) is 2.83. The number of benzene rings is 1. The molecule has 6 nitrogen and oxygen atoms in total. The molecule has 2 rings (SSSR count). The molecule has 0 saturated heterocycles. The zero-order chi connectivity index (χ0) is 22.8. The largest absolute Gasteiger partial charge is 0.475 e. The number of carbonyl (C=O) groups excluding carboxylic acids is 1. The van der Waals surface area contributed by atoms with Crippen LogP contribution in [0.5, 0.6) is 5.88 Å². The summed E-state index contributed by atoms with van der Waals surface area (Å²) in [6, 6.07) is 8.33. The molecule has 0 aliphatic heterocycles. The molecule has 1 aromatic carbocycles. The van der Waals surface area contributed by atoms with Crippen molar-refractivity contribution in [2.45, 2.75) is 33.2 Å². The summed E-state index contributed by atoms with van der Waals surface area (Å²) in [5.41, 5.74) is 1.09. The molecular weight excluding hydrogens is 435 g/mol. The Balaban J connectivity index is 2.20. The van der Waals surface area contributed by atoms with Crippen LogP contribution >= 0.6 is 23.2 Å². The standard InChI is InChI=1S/C23H26Cl2N4O2/c1-5-7-8-13-27-28(4)21-14-18(24)9-11-20(21)23(30)29(6-2)17(3)16-31-22-12-10-19(25)15-26-22/h9-15,17H,5-6,16H2,1-4H3/b27-13-. The maximum Gasteiger partial charge on any atom is 0.256 e. The van der Waals surface area contributed by atoms with Crippen LogP contribution in [0.1, 0.15) is 37.6 Å². The molecule has 0 aliphatic rings. The Morgan fingerprint density at radius 1 is 1.26 bits per heavy atom. The van der Waals surface area contributed by atoms with E-state index in [1.165, 1.54) is 12.4 Å². The normalized spacial score (nSPS) is 11.5. The number of ether oxygens (including phenoxy) is 1. The number of nitrogens with zero attached hydrogens (tertiary/aromatic N) is 4. The third-order valence-electron chi connectivity index (χ3n) is 4.42. The van der Waals surface area contributed by atoms with Crippen molar-refractivity contribution in [1.82, 2.24) is 9.88 Å². The lowest BCUT2D eigenvalue weighted by Crippen LogP contribution is -2.42. The minimum Gasteiger partial charge on any atom is -0.475 e. The lowest BCUT2D eigenvalue weighted by Gasteiger charge is -2.29. The molecule has 0 spiro atoms. The molecule has 1 atom stereocenters. The van der Waals surface area contributed by atoms with E-state index in [2.05, 4.69) is 21.9 Å². The molecule has 31 heavy (non-hydrogen) atoms. The summed E-state index contributed by atoms with van der Waals surface area (Å²) in [5, 5.41) is 6.94. The van der Waals surface area contributed by atoms with E-state index < -0.39 is 0 Å². The molecule has 0 radical (unpaired) electrons. The Labute approximate surface area is 193 Å². The van der Waals surface area contributed by atoms with Gasteiger partial charge in [0.15, 0.2) is 0 Å². The highest BCUT2D eigenvalue weighted by atomic mass is 35.5. The molecule has 1 amide bonds. The Bertz CT molecular complexity index is 968. The van der Waals surface area contributed by atoms with Crippen LogP contribution < -0.4 is 9.75 Å². The van der Waals surface area contributed by atoms with E-state index in [0.717, 1.165) is 6.42 Å². The van der Waals surface area contributed by atoms with E-state index in [0.29, 0.717) is 33.7 Å². The first-order valence-electron chi connectivity index (χ1n) is 9.96. The van der Waals surface area contributed by atoms with E-state index in [1.54, 1.807) is 47.3 Å². The quantitative estimate of drug-likeness (QED) is 0.310. The van der Waals surface area contributed by atoms with Crippen LogP contribution in [-0.4, -0.2) is 48.2 Å². The second kappa shape index (κ2) is 12.2. The van der Waals surface area contributed by atoms with Gasteiger partial charge in [0.25, 0.3) is 5.91 Å². The monoisotopic (exact) mass is 460 g/mol. The Hall–Kier alpha value is -2.75. The van der Waals surface area contributed by atoms with Crippen LogP contribution in [0.2, 0.25) is 10.0 Å². The lowest BCUT2D eigenvalue weighted by molar-refractivity contribution is 0.0647. The number of hydrogen-bond acceptors (Lipinski definition) is 5. The summed E-state index contributed by atoms with van der Waals surface area (Å²) in [5.74, 6) is 6.08. The number of hydrazone groups is 1. The minimum atomic E-state index is -0.192. The van der Waals surface area contributed by atoms with Crippen molar-refractivity contribution in [3.05, 3.63) is 52.1 Å². The smallest absolute Gasteiger partial charge is 0.256 e. The number of pyridine rings is 1. The summed E-state index contributed by atoms with van der Waals surface area (Å²) in [4.78, 5) is 19.2. The third-order valence-corrected chi connectivity index (χ3v) is 4.88. The van der Waals surface area contributed by atoms with E-state index >= 15 is 0 Å². The molecule has 1 heterocycles. The number of hydrogen-bond donors (Lipinski definition) is 0. The van der Waals surface area contributed by atoms with Crippen molar-refractivity contribution in [2.75, 3.05) is 25.2 Å². The Morgan fingerprint density at radius 3 is 2.65 bits per heavy atom. The van der Waals surface area contributed by atoms with Crippen molar-refractivity contribution in [2.24, 2.45) is 5.10 Å². The summed E-state index contributed by atoms with van der Waals surface area (Å²) >= 11 is 12.0. The van der Waals surface area contributed by atoms with Gasteiger partial charge in [0.05, 0.1) is 28.5 Å². The van der Waals surface area contributed by atoms with Gasteiger partial charge >= 0.3 is 0 Å². The van der Waals surface area contributed by atoms with Gasteiger partial charge in [-0.3, -0.25) is 9.80 Å². The fourth-order valence-corrected chi connectivity index (χ4v) is 3.11. The van der Waals surface area contributed by atoms with Crippen molar-refractivity contribution in [3.63, 3.8) is 0 Å². The van der Waals surface area contributed by atoms with E-state index in [9.17, 15) is 4.79 Å². The number of anilines is 1. The van der Waals surface area contributed by atoms with E-state index in [1.807, 2.05) is 20.8 Å². The highest BCUT2D eigenvalue weighted by molar-refractivity contribution is 6.31. The van der Waals surface area contributed by atoms with Crippen molar-refractivity contribution in [1.29, 1.82) is 0 Å². The summed E-state index contributed by atoms with van der Waals surface area (Å²) in [7, 11) is 1.75. The van der Waals surface area contributed by atoms with Gasteiger partial charge in [-0.15, -0.1) is 0 Å². The predicted molar refractivity (Wildman–Crippen MR) is 127 cm³/mol. The molecule has 1 aromatic heterocycles. The SMILES string of the molecule is CCC#C/C=N\N(C)c1cc(Cl)ccc1C(=O)N(CC)C(C)COc1ccc(Cl)cn1. The zero-order valence-corrected chi connectivity index (χ0v) is 19.6. The van der Waals surface area contributed by atoms with E-state index in [4.69, 9.17) is 27.9 Å². The van der Waals surface area contributed by atoms with Gasteiger partial charge in [0, 0.05) is 37.3 Å². The second-order valence-electron chi connectivity index (χ2n) is 6.67. The first-order valence-corrected chi connectivity index (χ1v) is 10.7. The number of aromatic nitrogens is 1. The van der Waals surface area contributed by atoms with Gasteiger partial charge in [-0.05, 0) is 38.1 Å². The van der Waals surface area contributed by atoms with Crippen molar-refractivity contribution in [3.8, 4) is 17.7 Å². The van der Waals surface area contributed by atoms with E-state index in [-0.39, 0.29) is 18.6 Å². The molecule has 2 aromatic rings. The molecule has 1 unspecified atom stereocenters. The van der Waals surface area contributed by atoms with Crippen LogP contribution in [0.3, 0.4) is 0 Å². The van der Waals surface area contributed by atoms with Gasteiger partial charge in [0.2, 0.25) is 5.88 Å². The zero-order valence-electron chi connectivity index (χ0n) is 18.1. The summed E-state index contributed by atoms with van der Waals surface area (Å²) in [6.45, 7) is 6.61. The first kappa shape index (κ1) is 24.5. The maximum atomic E-state index is 13.4. The lowest BCUT2D eigenvalue weighted by atomic mass is 10.1. The van der Waals surface area contributed by atoms with Gasteiger partial charge < -0.3 is 9.64 Å². The minimum absolute atomic E-state index is 0.143. The summed E-state index contributed by atoms with van der Waals surface area (Å²) < 4.78 is 5.73. The van der Waals surface area contributed by atoms with Crippen molar-refractivity contribution >= 4 is 41.0 Å². The molecule has 0 aliphatic carbocycles. The van der Waals surface area contributed by atoms with Crippen LogP contribution in [0, 0.1) is 11.8 Å². The first-order chi connectivity index (χ1) is 14.9. The van der Waals surface area contributed by atoms with Gasteiger partial charge in [-0.2, -0.15) is 5.10 Å². The predicted octanol–water partition coefficient (Wildman–Crippen LogP) is 5.15. The number of halogens is 2. The van der Waals surface area contributed by atoms with Crippen LogP contribution in [-0.2, 0) is 0 Å². The molecule has 0 saturated carbocycles. The topological polar surface area (TPSA) is 58.0 Å². The van der Waals surface area contributed by atoms with Crippen LogP contribution in [0.15, 0.2) is 41.6 Å². The van der Waals surface area contributed by atoms with Crippen molar-refractivity contribution < 1.29 is 9.53 Å². The van der Waals surface area contributed by atoms with Gasteiger partial charge in [-0.1, -0.05) is 42.0 Å². The number of rotatable bonds is 8. The maximum absolute atomic E-state index is 13.4. The third kappa shape index (κ3) is 7.16. The molecule has 8 heteroatoms. The Kier molecular flexibility index (Phi) is 9.64. The number of carbonyl (C=O) groups is 1. The average Bonchev–Trinajstić information content (AvgIpc) is 2.76. The molecule has 0 fully saturated rings. The highest BCUT2D eigenvalue weighted by Gasteiger charge is 2.24.